The van der Waals surface area contributed by atoms with E-state index in [1.165, 1.54) is 5.56 Å². The molecule has 0 saturated heterocycles. The van der Waals surface area contributed by atoms with Gasteiger partial charge >= 0.3 is 0 Å². The SMILES string of the molecule is CC.CC.CC.COCCOc1cc2ncnc(Nc3cccc(C(C)(C)C)c3)c2cc1OCCOC. The first kappa shape index (κ1) is 34.1. The number of aromatic nitrogens is 2. The second kappa shape index (κ2) is 19.2. The van der Waals surface area contributed by atoms with Crippen LogP contribution in [0.15, 0.2) is 42.7 Å². The summed E-state index contributed by atoms with van der Waals surface area (Å²) in [7, 11) is 3.28. The molecule has 0 aliphatic rings. The first-order chi connectivity index (χ1) is 17.9. The van der Waals surface area contributed by atoms with E-state index < -0.39 is 0 Å². The number of rotatable bonds is 10. The number of anilines is 2. The fourth-order valence-corrected chi connectivity index (χ4v) is 3.06. The Morgan fingerprint density at radius 2 is 1.30 bits per heavy atom. The van der Waals surface area contributed by atoms with Gasteiger partial charge in [-0.2, -0.15) is 0 Å². The van der Waals surface area contributed by atoms with E-state index in [9.17, 15) is 0 Å². The molecule has 0 amide bonds. The van der Waals surface area contributed by atoms with Gasteiger partial charge in [-0.3, -0.25) is 0 Å². The van der Waals surface area contributed by atoms with Crippen molar-refractivity contribution in [3.8, 4) is 11.5 Å². The van der Waals surface area contributed by atoms with Gasteiger partial charge in [-0.05, 0) is 29.2 Å². The van der Waals surface area contributed by atoms with Crippen LogP contribution in [0.5, 0.6) is 11.5 Å². The van der Waals surface area contributed by atoms with E-state index in [4.69, 9.17) is 18.9 Å². The molecule has 0 fully saturated rings. The Kier molecular flexibility index (Phi) is 17.7. The minimum absolute atomic E-state index is 0.0578. The lowest BCUT2D eigenvalue weighted by molar-refractivity contribution is 0.132. The molecule has 37 heavy (non-hydrogen) atoms. The van der Waals surface area contributed by atoms with Gasteiger partial charge in [0, 0.05) is 31.4 Å². The number of fused-ring (bicyclic) bond motifs is 1. The van der Waals surface area contributed by atoms with Gasteiger partial charge in [0.1, 0.15) is 25.4 Å². The summed E-state index contributed by atoms with van der Waals surface area (Å²) in [5.41, 5.74) is 3.03. The molecule has 1 N–H and O–H groups in total. The molecule has 0 radical (unpaired) electrons. The van der Waals surface area contributed by atoms with Crippen LogP contribution in [0.25, 0.3) is 10.9 Å². The van der Waals surface area contributed by atoms with Gasteiger partial charge in [0.2, 0.25) is 0 Å². The topological polar surface area (TPSA) is 74.7 Å². The number of ether oxygens (including phenoxy) is 4. The summed E-state index contributed by atoms with van der Waals surface area (Å²) < 4.78 is 22.0. The standard InChI is InChI=1S/C24H31N3O4.3C2H6/c1-24(2,3)17-7-6-8-18(13-17)27-23-19-14-21(30-11-9-28-4)22(31-12-10-29-5)15-20(19)25-16-26-23;3*1-2/h6-8,13-16H,9-12H2,1-5H3,(H,25,26,27);3*1-2H3. The summed E-state index contributed by atoms with van der Waals surface area (Å²) >= 11 is 0. The molecule has 0 bridgehead atoms. The Bertz CT molecular complexity index is 1000. The van der Waals surface area contributed by atoms with E-state index in [-0.39, 0.29) is 5.41 Å². The molecule has 208 valence electrons. The van der Waals surface area contributed by atoms with E-state index in [1.807, 2.05) is 65.8 Å². The second-order valence-corrected chi connectivity index (χ2v) is 8.18. The van der Waals surface area contributed by atoms with E-state index >= 15 is 0 Å². The van der Waals surface area contributed by atoms with Gasteiger partial charge in [-0.15, -0.1) is 0 Å². The summed E-state index contributed by atoms with van der Waals surface area (Å²) in [4.78, 5) is 8.90. The molecule has 3 rings (SSSR count). The second-order valence-electron chi connectivity index (χ2n) is 8.18. The lowest BCUT2D eigenvalue weighted by Gasteiger charge is -2.20. The summed E-state index contributed by atoms with van der Waals surface area (Å²) in [6.45, 7) is 20.4. The van der Waals surface area contributed by atoms with E-state index in [0.717, 1.165) is 16.6 Å². The zero-order valence-corrected chi connectivity index (χ0v) is 24.9. The molecular weight excluding hydrogens is 466 g/mol. The third-order valence-electron chi connectivity index (χ3n) is 4.78. The third-order valence-corrected chi connectivity index (χ3v) is 4.78. The number of benzene rings is 2. The lowest BCUT2D eigenvalue weighted by Crippen LogP contribution is -2.11. The van der Waals surface area contributed by atoms with Crippen molar-refractivity contribution >= 4 is 22.4 Å². The van der Waals surface area contributed by atoms with Crippen LogP contribution in [0.3, 0.4) is 0 Å². The minimum atomic E-state index is 0.0578. The van der Waals surface area contributed by atoms with E-state index in [2.05, 4.69) is 48.2 Å². The highest BCUT2D eigenvalue weighted by molar-refractivity contribution is 5.93. The molecule has 0 saturated carbocycles. The van der Waals surface area contributed by atoms with Crippen molar-refractivity contribution in [2.45, 2.75) is 67.7 Å². The smallest absolute Gasteiger partial charge is 0.163 e. The number of nitrogens with one attached hydrogen (secondary N) is 1. The average Bonchev–Trinajstić information content (AvgIpc) is 2.92. The van der Waals surface area contributed by atoms with Crippen LogP contribution < -0.4 is 14.8 Å². The minimum Gasteiger partial charge on any atom is -0.487 e. The predicted octanol–water partition coefficient (Wildman–Crippen LogP) is 7.80. The molecular formula is C30H49N3O4. The van der Waals surface area contributed by atoms with Crippen molar-refractivity contribution in [1.82, 2.24) is 9.97 Å². The molecule has 0 unspecified atom stereocenters. The monoisotopic (exact) mass is 515 g/mol. The Morgan fingerprint density at radius 1 is 0.730 bits per heavy atom. The summed E-state index contributed by atoms with van der Waals surface area (Å²) in [5, 5.41) is 4.28. The highest BCUT2D eigenvalue weighted by Crippen LogP contribution is 2.35. The van der Waals surface area contributed by atoms with Crippen LogP contribution in [0.2, 0.25) is 0 Å². The number of nitrogens with zero attached hydrogens (tertiary/aromatic N) is 2. The van der Waals surface area contributed by atoms with Crippen LogP contribution in [-0.4, -0.2) is 50.6 Å². The van der Waals surface area contributed by atoms with Crippen molar-refractivity contribution in [1.29, 1.82) is 0 Å². The van der Waals surface area contributed by atoms with Gasteiger partial charge in [-0.1, -0.05) is 74.4 Å². The fraction of sp³-hybridized carbons (Fsp3) is 0.533. The average molecular weight is 516 g/mol. The molecule has 1 aromatic heterocycles. The van der Waals surface area contributed by atoms with E-state index in [1.54, 1.807) is 20.5 Å². The van der Waals surface area contributed by atoms with Crippen molar-refractivity contribution in [3.05, 3.63) is 48.3 Å². The van der Waals surface area contributed by atoms with Crippen molar-refractivity contribution in [2.24, 2.45) is 0 Å². The predicted molar refractivity (Wildman–Crippen MR) is 157 cm³/mol. The number of methoxy groups -OCH3 is 2. The largest absolute Gasteiger partial charge is 0.487 e. The maximum atomic E-state index is 5.91. The highest BCUT2D eigenvalue weighted by atomic mass is 16.5. The quantitative estimate of drug-likeness (QED) is 0.276. The summed E-state index contributed by atoms with van der Waals surface area (Å²) in [5.74, 6) is 1.93. The molecule has 7 heteroatoms. The Morgan fingerprint density at radius 3 is 1.84 bits per heavy atom. The Balaban J connectivity index is 0.00000201. The van der Waals surface area contributed by atoms with Gasteiger partial charge in [0.25, 0.3) is 0 Å². The molecule has 7 nitrogen and oxygen atoms in total. The lowest BCUT2D eigenvalue weighted by atomic mass is 9.87. The van der Waals surface area contributed by atoms with Crippen molar-refractivity contribution in [2.75, 3.05) is 46.0 Å². The first-order valence-electron chi connectivity index (χ1n) is 13.3. The molecule has 1 heterocycles. The van der Waals surface area contributed by atoms with Crippen LogP contribution in [0.1, 0.15) is 67.9 Å². The number of hydrogen-bond acceptors (Lipinski definition) is 7. The molecule has 2 aromatic carbocycles. The van der Waals surface area contributed by atoms with Crippen molar-refractivity contribution in [3.63, 3.8) is 0 Å². The van der Waals surface area contributed by atoms with Crippen LogP contribution in [0.4, 0.5) is 11.5 Å². The van der Waals surface area contributed by atoms with Crippen LogP contribution in [-0.2, 0) is 14.9 Å². The van der Waals surface area contributed by atoms with Crippen LogP contribution in [0, 0.1) is 0 Å². The van der Waals surface area contributed by atoms with Crippen molar-refractivity contribution < 1.29 is 18.9 Å². The van der Waals surface area contributed by atoms with E-state index in [0.29, 0.717) is 43.7 Å². The first-order valence-corrected chi connectivity index (χ1v) is 13.3. The molecule has 0 atom stereocenters. The maximum absolute atomic E-state index is 5.91. The summed E-state index contributed by atoms with van der Waals surface area (Å²) in [6.07, 6.45) is 1.54. The molecule has 3 aromatic rings. The Hall–Kier alpha value is -2.90. The maximum Gasteiger partial charge on any atom is 0.163 e. The van der Waals surface area contributed by atoms with Crippen LogP contribution >= 0.6 is 0 Å². The third kappa shape index (κ3) is 11.4. The zero-order valence-electron chi connectivity index (χ0n) is 24.9. The van der Waals surface area contributed by atoms with Gasteiger partial charge in [0.05, 0.1) is 18.7 Å². The Labute approximate surface area is 224 Å². The molecule has 0 aliphatic carbocycles. The fourth-order valence-electron chi connectivity index (χ4n) is 3.06. The van der Waals surface area contributed by atoms with Gasteiger partial charge in [-0.25, -0.2) is 9.97 Å². The summed E-state index contributed by atoms with van der Waals surface area (Å²) in [6, 6.07) is 12.1. The number of hydrogen-bond donors (Lipinski definition) is 1. The molecule has 0 spiro atoms. The normalized spacial score (nSPS) is 10.1. The molecule has 0 aliphatic heterocycles. The van der Waals surface area contributed by atoms with Gasteiger partial charge in [0.15, 0.2) is 11.5 Å². The highest BCUT2D eigenvalue weighted by Gasteiger charge is 2.15. The zero-order chi connectivity index (χ0) is 28.3. The van der Waals surface area contributed by atoms with Gasteiger partial charge < -0.3 is 24.3 Å².